The Hall–Kier alpha value is -0.232. The number of rotatable bonds is 4. The molecular formula is C3H2AsF9N2O2. The van der Waals surface area contributed by atoms with Gasteiger partial charge in [0.2, 0.25) is 0 Å². The summed E-state index contributed by atoms with van der Waals surface area (Å²) in [5.74, 6) is 0. The van der Waals surface area contributed by atoms with Gasteiger partial charge in [-0.05, 0) is 0 Å². The summed E-state index contributed by atoms with van der Waals surface area (Å²) in [6.45, 7) is 0. The van der Waals surface area contributed by atoms with Gasteiger partial charge in [-0.15, -0.1) is 0 Å². The van der Waals surface area contributed by atoms with Crippen molar-refractivity contribution in [2.75, 3.05) is 0 Å². The van der Waals surface area contributed by atoms with E-state index in [9.17, 15) is 39.5 Å². The maximum absolute atomic E-state index is 11.9. The Labute approximate surface area is 91.9 Å². The van der Waals surface area contributed by atoms with Gasteiger partial charge in [-0.2, -0.15) is 0 Å². The van der Waals surface area contributed by atoms with Crippen LogP contribution in [0, 0.1) is 0 Å². The molecule has 0 spiro atoms. The summed E-state index contributed by atoms with van der Waals surface area (Å²) >= 11 is -5.36. The van der Waals surface area contributed by atoms with Crippen molar-refractivity contribution in [3.8, 4) is 0 Å². The van der Waals surface area contributed by atoms with Crippen LogP contribution in [0.3, 0.4) is 0 Å². The molecule has 0 aliphatic carbocycles. The van der Waals surface area contributed by atoms with E-state index < -0.39 is 32.9 Å². The van der Waals surface area contributed by atoms with Gasteiger partial charge in [0.15, 0.2) is 0 Å². The summed E-state index contributed by atoms with van der Waals surface area (Å²) in [4.78, 5) is -5.47. The van der Waals surface area contributed by atoms with Crippen LogP contribution in [0.15, 0.2) is 0 Å². The van der Waals surface area contributed by atoms with E-state index in [1.165, 1.54) is 0 Å². The predicted molar refractivity (Wildman–Crippen MR) is 32.4 cm³/mol. The third-order valence-electron chi connectivity index (χ3n) is 0.696. The quantitative estimate of drug-likeness (QED) is 0.352. The summed E-state index contributed by atoms with van der Waals surface area (Å²) in [6.07, 6.45) is -10.7. The molecular weight excluding hydrogens is 342 g/mol. The second kappa shape index (κ2) is 5.61. The zero-order valence-electron chi connectivity index (χ0n) is 7.17. The Morgan fingerprint density at radius 3 is 1.12 bits per heavy atom. The number of hydrogen-bond donors (Lipinski definition) is 2. The molecule has 104 valence electrons. The molecule has 14 heteroatoms. The zero-order chi connectivity index (χ0) is 13.9. The van der Waals surface area contributed by atoms with E-state index in [1.54, 1.807) is 0 Å². The third kappa shape index (κ3) is 9.47. The fourth-order valence-corrected chi connectivity index (χ4v) is 1.60. The van der Waals surface area contributed by atoms with Gasteiger partial charge < -0.3 is 0 Å². The van der Waals surface area contributed by atoms with Crippen LogP contribution in [0.2, 0.25) is 0 Å². The minimum atomic E-state index is -5.47. The molecule has 4 nitrogen and oxygen atoms in total. The number of alkyl halides is 9. The molecule has 0 amide bonds. The van der Waals surface area contributed by atoms with Crippen molar-refractivity contribution in [2.24, 2.45) is 0 Å². The number of halogens is 9. The van der Waals surface area contributed by atoms with Gasteiger partial charge in [-0.25, -0.2) is 0 Å². The molecule has 0 rings (SSSR count). The Kier molecular flexibility index (Phi) is 5.53. The maximum atomic E-state index is 11.9. The molecule has 0 aromatic heterocycles. The van der Waals surface area contributed by atoms with E-state index >= 15 is 0 Å². The van der Waals surface area contributed by atoms with Crippen LogP contribution in [0.5, 0.6) is 0 Å². The molecule has 0 atom stereocenters. The third-order valence-corrected chi connectivity index (χ3v) is 2.64. The van der Waals surface area contributed by atoms with E-state index in [0.29, 0.717) is 0 Å². The molecule has 0 fully saturated rings. The molecule has 0 saturated heterocycles. The first kappa shape index (κ1) is 16.8. The number of nitrogens with one attached hydrogen (secondary N) is 2. The molecule has 0 aromatic carbocycles. The second-order valence-corrected chi connectivity index (χ2v) is 5.02. The van der Waals surface area contributed by atoms with Crippen LogP contribution in [0.4, 0.5) is 39.5 Å². The van der Waals surface area contributed by atoms with Gasteiger partial charge in [0.05, 0.1) is 0 Å². The Bertz CT molecular complexity index is 218. The van der Waals surface area contributed by atoms with Crippen molar-refractivity contribution >= 4 is 15.3 Å². The van der Waals surface area contributed by atoms with Crippen molar-refractivity contribution < 1.29 is 47.2 Å². The molecule has 0 aliphatic heterocycles. The van der Waals surface area contributed by atoms with Gasteiger partial charge >= 0.3 is 91.0 Å². The molecule has 0 aromatic rings. The van der Waals surface area contributed by atoms with Crippen molar-refractivity contribution in [1.29, 1.82) is 0 Å². The average Bonchev–Trinajstić information content (AvgIpc) is 1.96. The van der Waals surface area contributed by atoms with Crippen molar-refractivity contribution in [2.45, 2.75) is 17.6 Å². The Morgan fingerprint density at radius 2 is 0.941 bits per heavy atom. The van der Waals surface area contributed by atoms with Crippen LogP contribution in [-0.4, -0.2) is 32.9 Å². The van der Waals surface area contributed by atoms with Crippen LogP contribution in [0.25, 0.3) is 0 Å². The summed E-state index contributed by atoms with van der Waals surface area (Å²) in [5, 5.41) is 0. The van der Waals surface area contributed by atoms with E-state index in [1.807, 2.05) is 0 Å². The summed E-state index contributed by atoms with van der Waals surface area (Å²) in [7, 11) is 0. The monoisotopic (exact) mass is 344 g/mol. The van der Waals surface area contributed by atoms with Crippen molar-refractivity contribution in [3.05, 3.63) is 0 Å². The predicted octanol–water partition coefficient (Wildman–Crippen LogP) is 1.66. The van der Waals surface area contributed by atoms with Crippen molar-refractivity contribution in [1.82, 2.24) is 11.0 Å². The molecule has 0 saturated carbocycles. The van der Waals surface area contributed by atoms with Crippen LogP contribution in [-0.2, 0) is 7.65 Å². The molecule has 0 aliphatic rings. The molecule has 0 radical (unpaired) electrons. The summed E-state index contributed by atoms with van der Waals surface area (Å²) < 4.78 is 110. The number of hydrogen-bond acceptors (Lipinski definition) is 4. The summed E-state index contributed by atoms with van der Waals surface area (Å²) in [6, 6.07) is 0. The molecule has 0 unspecified atom stereocenters. The first-order chi connectivity index (χ1) is 7.31. The van der Waals surface area contributed by atoms with Gasteiger partial charge in [0.25, 0.3) is 0 Å². The fourth-order valence-electron chi connectivity index (χ4n) is 0.309. The van der Waals surface area contributed by atoms with E-state index in [-0.39, 0.29) is 11.0 Å². The normalized spacial score (nSPS) is 14.5. The van der Waals surface area contributed by atoms with Crippen LogP contribution < -0.4 is 11.0 Å². The molecule has 2 N–H and O–H groups in total. The SMILES string of the molecule is FC(F)(F)NO[As](ONC(F)(F)F)C(F)(F)F. The Morgan fingerprint density at radius 1 is 0.647 bits per heavy atom. The second-order valence-electron chi connectivity index (χ2n) is 2.11. The number of hydroxylamine groups is 2. The fraction of sp³-hybridized carbons (Fsp3) is 1.00. The van der Waals surface area contributed by atoms with Gasteiger partial charge in [-0.1, -0.05) is 0 Å². The minimum absolute atomic E-state index is 0.0228. The van der Waals surface area contributed by atoms with Gasteiger partial charge in [0, 0.05) is 0 Å². The molecule has 0 bridgehead atoms. The first-order valence-corrected chi connectivity index (χ1v) is 5.67. The van der Waals surface area contributed by atoms with E-state index in [2.05, 4.69) is 7.65 Å². The molecule has 17 heavy (non-hydrogen) atoms. The topological polar surface area (TPSA) is 42.5 Å². The van der Waals surface area contributed by atoms with Gasteiger partial charge in [0.1, 0.15) is 0 Å². The summed E-state index contributed by atoms with van der Waals surface area (Å²) in [5.41, 5.74) is -0.0456. The van der Waals surface area contributed by atoms with Gasteiger partial charge in [-0.3, -0.25) is 0 Å². The average molecular weight is 344 g/mol. The molecule has 0 heterocycles. The van der Waals surface area contributed by atoms with E-state index in [0.717, 1.165) is 0 Å². The van der Waals surface area contributed by atoms with E-state index in [4.69, 9.17) is 0 Å². The van der Waals surface area contributed by atoms with Crippen LogP contribution in [0.1, 0.15) is 0 Å². The first-order valence-electron chi connectivity index (χ1n) is 3.20. The van der Waals surface area contributed by atoms with Crippen LogP contribution >= 0.6 is 0 Å². The standard InChI is InChI=1S/C3H2AsF9N2O2/c5-1(6,7)4(16-14-2(8,9)10)17-15-3(11,12)13/h14-15H. The zero-order valence-corrected chi connectivity index (χ0v) is 9.04. The Balaban J connectivity index is 4.37. The van der Waals surface area contributed by atoms with Crippen molar-refractivity contribution in [3.63, 3.8) is 0 Å².